The van der Waals surface area contributed by atoms with Crippen LogP contribution in [0.3, 0.4) is 0 Å². The quantitative estimate of drug-likeness (QED) is 0.563. The summed E-state index contributed by atoms with van der Waals surface area (Å²) in [7, 11) is 2.95. The third-order valence-corrected chi connectivity index (χ3v) is 9.59. The van der Waals surface area contributed by atoms with Crippen molar-refractivity contribution in [3.05, 3.63) is 24.3 Å². The molecule has 6 heteroatoms. The average molecular weight is 367 g/mol. The standard InChI is InChI=1S/C18H22O4S2/c1-21-15(19)17(23-3)9-5-7-11-13(9)14-10(17)6-8-12(14)18(11,24-4)16(20)22-2/h5-14H,1-4H3/t9-,10-,11-,12+,13?,14?,17?,18?/m1/s1. The smallest absolute Gasteiger partial charge is 0.323 e. The molecule has 0 aliphatic heterocycles. The molecular weight excluding hydrogens is 344 g/mol. The summed E-state index contributed by atoms with van der Waals surface area (Å²) in [5.41, 5.74) is 0. The van der Waals surface area contributed by atoms with Gasteiger partial charge in [0.15, 0.2) is 0 Å². The number of esters is 2. The highest BCUT2D eigenvalue weighted by Crippen LogP contribution is 2.74. The molecule has 8 atom stereocenters. The lowest BCUT2D eigenvalue weighted by Gasteiger charge is -2.37. The fourth-order valence-electron chi connectivity index (χ4n) is 6.13. The van der Waals surface area contributed by atoms with Crippen molar-refractivity contribution in [3.8, 4) is 0 Å². The van der Waals surface area contributed by atoms with E-state index in [-0.39, 0.29) is 35.6 Å². The Morgan fingerprint density at radius 2 is 1.04 bits per heavy atom. The number of rotatable bonds is 4. The number of carbonyl (C=O) groups is 2. The van der Waals surface area contributed by atoms with E-state index in [1.54, 1.807) is 23.5 Å². The van der Waals surface area contributed by atoms with Gasteiger partial charge in [0.2, 0.25) is 0 Å². The molecule has 4 nitrogen and oxygen atoms in total. The highest BCUT2D eigenvalue weighted by atomic mass is 32.2. The van der Waals surface area contributed by atoms with E-state index in [1.165, 1.54) is 14.2 Å². The Kier molecular flexibility index (Phi) is 3.67. The third-order valence-electron chi connectivity index (χ3n) is 6.82. The largest absolute Gasteiger partial charge is 0.468 e. The van der Waals surface area contributed by atoms with Crippen LogP contribution in [0.25, 0.3) is 0 Å². The molecule has 0 N–H and O–H groups in total. The third kappa shape index (κ3) is 1.52. The van der Waals surface area contributed by atoms with Gasteiger partial charge in [-0.1, -0.05) is 24.3 Å². The number of carbonyl (C=O) groups excluding carboxylic acids is 2. The zero-order valence-corrected chi connectivity index (χ0v) is 15.9. The predicted molar refractivity (Wildman–Crippen MR) is 95.7 cm³/mol. The molecule has 4 unspecified atom stereocenters. The van der Waals surface area contributed by atoms with Gasteiger partial charge in [-0.05, 0) is 24.3 Å². The molecule has 0 spiro atoms. The molecule has 2 fully saturated rings. The van der Waals surface area contributed by atoms with Crippen LogP contribution in [0.5, 0.6) is 0 Å². The Hall–Kier alpha value is -0.880. The zero-order chi connectivity index (χ0) is 17.3. The van der Waals surface area contributed by atoms with Crippen molar-refractivity contribution in [2.24, 2.45) is 35.5 Å². The lowest BCUT2D eigenvalue weighted by molar-refractivity contribution is -0.145. The SMILES string of the molecule is COC(=O)C1(SC)[C@@H]2C=C[C@@H]3C2C2[C@H]1C=C[C@@H]2C3(SC)C(=O)OC. The van der Waals surface area contributed by atoms with Gasteiger partial charge in [-0.25, -0.2) is 0 Å². The summed E-state index contributed by atoms with van der Waals surface area (Å²) < 4.78 is 9.30. The number of allylic oxidation sites excluding steroid dienone is 4. The first-order chi connectivity index (χ1) is 11.5. The van der Waals surface area contributed by atoms with Crippen LogP contribution < -0.4 is 0 Å². The van der Waals surface area contributed by atoms with E-state index in [2.05, 4.69) is 24.3 Å². The minimum absolute atomic E-state index is 0.117. The fraction of sp³-hybridized carbons (Fsp3) is 0.667. The molecule has 0 aromatic carbocycles. The Morgan fingerprint density at radius 1 is 0.750 bits per heavy atom. The summed E-state index contributed by atoms with van der Waals surface area (Å²) >= 11 is 3.22. The van der Waals surface area contributed by atoms with Gasteiger partial charge in [0, 0.05) is 23.7 Å². The predicted octanol–water partition coefficient (Wildman–Crippen LogP) is 2.40. The van der Waals surface area contributed by atoms with Crippen molar-refractivity contribution >= 4 is 35.5 Å². The van der Waals surface area contributed by atoms with Crippen LogP contribution in [0.2, 0.25) is 0 Å². The minimum Gasteiger partial charge on any atom is -0.468 e. The average Bonchev–Trinajstić information content (AvgIpc) is 3.31. The lowest BCUT2D eigenvalue weighted by Crippen LogP contribution is -2.49. The minimum atomic E-state index is -0.568. The summed E-state index contributed by atoms with van der Waals surface area (Å²) in [6.45, 7) is 0. The van der Waals surface area contributed by atoms with Crippen LogP contribution in [0, 0.1) is 35.5 Å². The summed E-state index contributed by atoms with van der Waals surface area (Å²) in [4.78, 5) is 25.6. The summed E-state index contributed by atoms with van der Waals surface area (Å²) in [5.74, 6) is 0.793. The Bertz CT molecular complexity index is 571. The molecule has 4 aliphatic rings. The molecule has 4 rings (SSSR count). The molecule has 0 bridgehead atoms. The van der Waals surface area contributed by atoms with Gasteiger partial charge in [0.05, 0.1) is 14.2 Å². The molecule has 2 saturated carbocycles. The second-order valence-electron chi connectivity index (χ2n) is 7.01. The first-order valence-corrected chi connectivity index (χ1v) is 10.6. The maximum Gasteiger partial charge on any atom is 0.323 e. The van der Waals surface area contributed by atoms with Crippen LogP contribution in [0.15, 0.2) is 24.3 Å². The van der Waals surface area contributed by atoms with E-state index in [1.807, 2.05) is 12.5 Å². The molecule has 0 amide bonds. The number of thioether (sulfide) groups is 2. The number of ether oxygens (including phenoxy) is 2. The van der Waals surface area contributed by atoms with Gasteiger partial charge in [0.25, 0.3) is 0 Å². The maximum atomic E-state index is 12.8. The van der Waals surface area contributed by atoms with Gasteiger partial charge in [-0.15, -0.1) is 23.5 Å². The Labute approximate surface area is 150 Å². The topological polar surface area (TPSA) is 52.6 Å². The van der Waals surface area contributed by atoms with Gasteiger partial charge in [-0.2, -0.15) is 0 Å². The number of hydrogen-bond acceptors (Lipinski definition) is 6. The molecule has 130 valence electrons. The number of hydrogen-bond donors (Lipinski definition) is 0. The first-order valence-electron chi connectivity index (χ1n) is 8.18. The molecule has 0 aromatic heterocycles. The molecule has 0 radical (unpaired) electrons. The van der Waals surface area contributed by atoms with E-state index in [4.69, 9.17) is 9.47 Å². The van der Waals surface area contributed by atoms with E-state index in [0.717, 1.165) is 0 Å². The Balaban J connectivity index is 1.87. The van der Waals surface area contributed by atoms with E-state index in [0.29, 0.717) is 11.8 Å². The Morgan fingerprint density at radius 3 is 1.25 bits per heavy atom. The molecule has 24 heavy (non-hydrogen) atoms. The van der Waals surface area contributed by atoms with Gasteiger partial charge < -0.3 is 9.47 Å². The van der Waals surface area contributed by atoms with Gasteiger partial charge in [-0.3, -0.25) is 9.59 Å². The summed E-state index contributed by atoms with van der Waals surface area (Å²) in [6.07, 6.45) is 12.7. The van der Waals surface area contributed by atoms with Crippen molar-refractivity contribution < 1.29 is 19.1 Å². The van der Waals surface area contributed by atoms with E-state index < -0.39 is 9.49 Å². The van der Waals surface area contributed by atoms with Crippen LogP contribution in [0.4, 0.5) is 0 Å². The van der Waals surface area contributed by atoms with Crippen molar-refractivity contribution in [2.45, 2.75) is 9.49 Å². The molecule has 0 heterocycles. The van der Waals surface area contributed by atoms with Crippen molar-refractivity contribution in [2.75, 3.05) is 26.7 Å². The van der Waals surface area contributed by atoms with Crippen LogP contribution >= 0.6 is 23.5 Å². The zero-order valence-electron chi connectivity index (χ0n) is 14.2. The van der Waals surface area contributed by atoms with Crippen LogP contribution in [-0.2, 0) is 19.1 Å². The van der Waals surface area contributed by atoms with Crippen molar-refractivity contribution in [1.29, 1.82) is 0 Å². The number of methoxy groups -OCH3 is 2. The van der Waals surface area contributed by atoms with Gasteiger partial charge in [0.1, 0.15) is 9.49 Å². The molecule has 0 aromatic rings. The van der Waals surface area contributed by atoms with Crippen LogP contribution in [-0.4, -0.2) is 48.2 Å². The van der Waals surface area contributed by atoms with Crippen molar-refractivity contribution in [1.82, 2.24) is 0 Å². The molecule has 0 saturated heterocycles. The lowest BCUT2D eigenvalue weighted by atomic mass is 9.82. The highest BCUT2D eigenvalue weighted by molar-refractivity contribution is 8.01. The van der Waals surface area contributed by atoms with E-state index >= 15 is 0 Å². The van der Waals surface area contributed by atoms with Crippen molar-refractivity contribution in [3.63, 3.8) is 0 Å². The second kappa shape index (κ2) is 5.31. The first kappa shape index (κ1) is 16.6. The summed E-state index contributed by atoms with van der Waals surface area (Å²) in [6, 6.07) is 0. The fourth-order valence-corrected chi connectivity index (χ4v) is 8.66. The maximum absolute atomic E-state index is 12.8. The molecule has 4 aliphatic carbocycles. The van der Waals surface area contributed by atoms with E-state index in [9.17, 15) is 9.59 Å². The van der Waals surface area contributed by atoms with Crippen LogP contribution in [0.1, 0.15) is 0 Å². The second-order valence-corrected chi connectivity index (χ2v) is 9.17. The summed E-state index contributed by atoms with van der Waals surface area (Å²) in [5, 5.41) is 0. The normalized spacial score (nSPS) is 49.5. The van der Waals surface area contributed by atoms with Gasteiger partial charge >= 0.3 is 11.9 Å². The highest BCUT2D eigenvalue weighted by Gasteiger charge is 2.77. The molecular formula is C18H22O4S2. The monoisotopic (exact) mass is 366 g/mol.